The van der Waals surface area contributed by atoms with Crippen molar-refractivity contribution in [2.24, 2.45) is 5.92 Å². The summed E-state index contributed by atoms with van der Waals surface area (Å²) in [5.41, 5.74) is 0.346. The Balaban J connectivity index is 1.88. The fourth-order valence-corrected chi connectivity index (χ4v) is 3.02. The van der Waals surface area contributed by atoms with Crippen LogP contribution in [0, 0.1) is 5.92 Å². The van der Waals surface area contributed by atoms with Crippen LogP contribution in [0.4, 0.5) is 13.2 Å². The number of carbonyl (C=O) groups is 3. The van der Waals surface area contributed by atoms with E-state index in [2.05, 4.69) is 5.32 Å². The molecule has 6 nitrogen and oxygen atoms in total. The van der Waals surface area contributed by atoms with Gasteiger partial charge in [0, 0.05) is 17.9 Å². The van der Waals surface area contributed by atoms with Crippen molar-refractivity contribution in [2.45, 2.75) is 31.5 Å². The summed E-state index contributed by atoms with van der Waals surface area (Å²) in [5, 5.41) is 11.6. The molecular formula is C18H21F3N2O4. The van der Waals surface area contributed by atoms with Crippen LogP contribution in [-0.4, -0.2) is 59.5 Å². The standard InChI is InChI=1S/C18H21F3N2O4/c19-18(20,21)11-23-8-6-13(7-9-23)16(25)22-14(17(26)27)10-15(24)12-4-2-1-3-5-12/h1-5,13-14H,6-11H2,(H,22,25)(H,26,27). The molecule has 1 heterocycles. The highest BCUT2D eigenvalue weighted by atomic mass is 19.4. The van der Waals surface area contributed by atoms with Gasteiger partial charge in [-0.15, -0.1) is 0 Å². The number of halogens is 3. The van der Waals surface area contributed by atoms with E-state index >= 15 is 0 Å². The Hall–Kier alpha value is -2.42. The zero-order valence-electron chi connectivity index (χ0n) is 14.5. The molecule has 1 aromatic rings. The number of rotatable bonds is 7. The van der Waals surface area contributed by atoms with E-state index in [9.17, 15) is 32.7 Å². The lowest BCUT2D eigenvalue weighted by Crippen LogP contribution is -2.48. The number of carboxylic acid groups (broad SMARTS) is 1. The van der Waals surface area contributed by atoms with Crippen LogP contribution in [0.2, 0.25) is 0 Å². The summed E-state index contributed by atoms with van der Waals surface area (Å²) < 4.78 is 37.2. The number of aliphatic carboxylic acids is 1. The maximum Gasteiger partial charge on any atom is 0.401 e. The third kappa shape index (κ3) is 6.67. The molecule has 1 unspecified atom stereocenters. The van der Waals surface area contributed by atoms with Gasteiger partial charge >= 0.3 is 12.1 Å². The third-order valence-electron chi connectivity index (χ3n) is 4.46. The molecule has 1 atom stereocenters. The number of likely N-dealkylation sites (tertiary alicyclic amines) is 1. The summed E-state index contributed by atoms with van der Waals surface area (Å²) in [6.07, 6.45) is -4.26. The number of carboxylic acids is 1. The summed E-state index contributed by atoms with van der Waals surface area (Å²) in [6, 6.07) is 6.75. The largest absolute Gasteiger partial charge is 0.480 e. The number of benzene rings is 1. The fraction of sp³-hybridized carbons (Fsp3) is 0.500. The minimum atomic E-state index is -4.29. The van der Waals surface area contributed by atoms with E-state index in [1.54, 1.807) is 30.3 Å². The van der Waals surface area contributed by atoms with Crippen molar-refractivity contribution < 1.29 is 32.7 Å². The first-order valence-electron chi connectivity index (χ1n) is 8.56. The third-order valence-corrected chi connectivity index (χ3v) is 4.46. The van der Waals surface area contributed by atoms with Gasteiger partial charge in [0.2, 0.25) is 5.91 Å². The van der Waals surface area contributed by atoms with Crippen LogP contribution in [0.3, 0.4) is 0 Å². The molecule has 2 rings (SSSR count). The van der Waals surface area contributed by atoms with Crippen molar-refractivity contribution in [3.8, 4) is 0 Å². The van der Waals surface area contributed by atoms with Crippen molar-refractivity contribution in [1.82, 2.24) is 10.2 Å². The molecular weight excluding hydrogens is 365 g/mol. The summed E-state index contributed by atoms with van der Waals surface area (Å²) in [7, 11) is 0. The monoisotopic (exact) mass is 386 g/mol. The minimum absolute atomic E-state index is 0.109. The predicted octanol–water partition coefficient (Wildman–Crippen LogP) is 2.10. The average molecular weight is 386 g/mol. The molecule has 0 radical (unpaired) electrons. The van der Waals surface area contributed by atoms with E-state index in [0.717, 1.165) is 0 Å². The number of nitrogens with one attached hydrogen (secondary N) is 1. The van der Waals surface area contributed by atoms with Crippen LogP contribution in [0.5, 0.6) is 0 Å². The molecule has 27 heavy (non-hydrogen) atoms. The lowest BCUT2D eigenvalue weighted by atomic mass is 9.95. The molecule has 0 saturated carbocycles. The van der Waals surface area contributed by atoms with Crippen LogP contribution in [0.1, 0.15) is 29.6 Å². The first-order valence-corrected chi connectivity index (χ1v) is 8.56. The van der Waals surface area contributed by atoms with E-state index in [-0.39, 0.29) is 25.9 Å². The highest BCUT2D eigenvalue weighted by Crippen LogP contribution is 2.22. The lowest BCUT2D eigenvalue weighted by molar-refractivity contribution is -0.150. The number of piperidine rings is 1. The van der Waals surface area contributed by atoms with Gasteiger partial charge in [-0.2, -0.15) is 13.2 Å². The van der Waals surface area contributed by atoms with E-state index in [0.29, 0.717) is 5.56 Å². The Bertz CT molecular complexity index is 671. The van der Waals surface area contributed by atoms with Gasteiger partial charge in [-0.05, 0) is 25.9 Å². The van der Waals surface area contributed by atoms with Gasteiger partial charge in [0.15, 0.2) is 5.78 Å². The highest BCUT2D eigenvalue weighted by Gasteiger charge is 2.35. The first kappa shape index (κ1) is 20.9. The second-order valence-corrected chi connectivity index (χ2v) is 6.56. The molecule has 0 aromatic heterocycles. The van der Waals surface area contributed by atoms with Crippen LogP contribution >= 0.6 is 0 Å². The predicted molar refractivity (Wildman–Crippen MR) is 90.2 cm³/mol. The molecule has 9 heteroatoms. The van der Waals surface area contributed by atoms with Crippen LogP contribution < -0.4 is 5.32 Å². The zero-order valence-corrected chi connectivity index (χ0v) is 14.5. The zero-order chi connectivity index (χ0) is 20.0. The van der Waals surface area contributed by atoms with Gasteiger partial charge in [-0.3, -0.25) is 14.5 Å². The minimum Gasteiger partial charge on any atom is -0.480 e. The van der Waals surface area contributed by atoms with Gasteiger partial charge < -0.3 is 10.4 Å². The SMILES string of the molecule is O=C(CC(NC(=O)C1CCN(CC(F)(F)F)CC1)C(=O)O)c1ccccc1. The molecule has 1 aliphatic rings. The van der Waals surface area contributed by atoms with E-state index in [1.165, 1.54) is 4.90 Å². The molecule has 1 amide bonds. The molecule has 0 spiro atoms. The number of hydrogen-bond acceptors (Lipinski definition) is 4. The Morgan fingerprint density at radius 1 is 1.15 bits per heavy atom. The molecule has 1 aliphatic heterocycles. The lowest BCUT2D eigenvalue weighted by Gasteiger charge is -2.32. The summed E-state index contributed by atoms with van der Waals surface area (Å²) in [5.74, 6) is -2.86. The van der Waals surface area contributed by atoms with Crippen molar-refractivity contribution in [3.05, 3.63) is 35.9 Å². The Morgan fingerprint density at radius 2 is 1.74 bits per heavy atom. The maximum atomic E-state index is 12.4. The van der Waals surface area contributed by atoms with Gasteiger partial charge in [0.05, 0.1) is 6.54 Å². The van der Waals surface area contributed by atoms with E-state index in [4.69, 9.17) is 0 Å². The average Bonchev–Trinajstić information content (AvgIpc) is 2.61. The van der Waals surface area contributed by atoms with Gasteiger partial charge in [-0.25, -0.2) is 4.79 Å². The number of alkyl halides is 3. The Kier molecular flexibility index (Phi) is 6.95. The van der Waals surface area contributed by atoms with Crippen molar-refractivity contribution in [2.75, 3.05) is 19.6 Å². The van der Waals surface area contributed by atoms with Gasteiger partial charge in [0.25, 0.3) is 0 Å². The van der Waals surface area contributed by atoms with Crippen LogP contribution in [0.15, 0.2) is 30.3 Å². The topological polar surface area (TPSA) is 86.7 Å². The molecule has 148 valence electrons. The van der Waals surface area contributed by atoms with E-state index < -0.39 is 48.8 Å². The molecule has 1 saturated heterocycles. The molecule has 2 N–H and O–H groups in total. The van der Waals surface area contributed by atoms with Crippen molar-refractivity contribution >= 4 is 17.7 Å². The fourth-order valence-electron chi connectivity index (χ4n) is 3.02. The van der Waals surface area contributed by atoms with Crippen LogP contribution in [0.25, 0.3) is 0 Å². The number of hydrogen-bond donors (Lipinski definition) is 2. The number of amides is 1. The number of carbonyl (C=O) groups excluding carboxylic acids is 2. The molecule has 1 aromatic carbocycles. The Morgan fingerprint density at radius 3 is 2.26 bits per heavy atom. The second kappa shape index (κ2) is 8.98. The number of nitrogens with zero attached hydrogens (tertiary/aromatic N) is 1. The molecule has 1 fully saturated rings. The first-order chi connectivity index (χ1) is 12.7. The van der Waals surface area contributed by atoms with Gasteiger partial charge in [-0.1, -0.05) is 30.3 Å². The quantitative estimate of drug-likeness (QED) is 0.701. The smallest absolute Gasteiger partial charge is 0.401 e. The molecule has 0 bridgehead atoms. The van der Waals surface area contributed by atoms with Crippen LogP contribution in [-0.2, 0) is 9.59 Å². The molecule has 0 aliphatic carbocycles. The maximum absolute atomic E-state index is 12.4. The van der Waals surface area contributed by atoms with Crippen molar-refractivity contribution in [1.29, 1.82) is 0 Å². The second-order valence-electron chi connectivity index (χ2n) is 6.56. The van der Waals surface area contributed by atoms with Gasteiger partial charge in [0.1, 0.15) is 6.04 Å². The number of Topliss-reactive ketones (excluding diaryl/α,β-unsaturated/α-hetero) is 1. The normalized spacial score (nSPS) is 17.3. The summed E-state index contributed by atoms with van der Waals surface area (Å²) in [6.45, 7) is -0.804. The van der Waals surface area contributed by atoms with Crippen molar-refractivity contribution in [3.63, 3.8) is 0 Å². The number of ketones is 1. The highest BCUT2D eigenvalue weighted by molar-refractivity contribution is 5.99. The summed E-state index contributed by atoms with van der Waals surface area (Å²) >= 11 is 0. The summed E-state index contributed by atoms with van der Waals surface area (Å²) in [4.78, 5) is 37.1. The van der Waals surface area contributed by atoms with E-state index in [1.807, 2.05) is 0 Å². The Labute approximate surface area is 154 Å².